The average molecular weight is 335 g/mol. The molecule has 1 rings (SSSR count). The van der Waals surface area contributed by atoms with Gasteiger partial charge in [0.1, 0.15) is 0 Å². The Kier molecular flexibility index (Phi) is 7.75. The predicted molar refractivity (Wildman–Crippen MR) is 81.0 cm³/mol. The Morgan fingerprint density at radius 1 is 1.27 bits per heavy atom. The Morgan fingerprint density at radius 2 is 1.91 bits per heavy atom. The maximum Gasteiger partial charge on any atom is 0.446 e. The second-order valence-electron chi connectivity index (χ2n) is 5.15. The van der Waals surface area contributed by atoms with Crippen LogP contribution in [0.15, 0.2) is 29.2 Å². The van der Waals surface area contributed by atoms with Crippen molar-refractivity contribution in [3.8, 4) is 0 Å². The molecule has 0 radical (unpaired) electrons. The average Bonchev–Trinajstić information content (AvgIpc) is 2.41. The van der Waals surface area contributed by atoms with E-state index in [4.69, 9.17) is 4.74 Å². The van der Waals surface area contributed by atoms with Gasteiger partial charge in [-0.2, -0.15) is 13.2 Å². The number of thioether (sulfide) groups is 1. The summed E-state index contributed by atoms with van der Waals surface area (Å²) in [5.74, 6) is 0.176. The van der Waals surface area contributed by atoms with Gasteiger partial charge in [0.15, 0.2) is 0 Å². The molecule has 0 aromatic heterocycles. The Labute approximate surface area is 132 Å². The minimum atomic E-state index is -4.32. The summed E-state index contributed by atoms with van der Waals surface area (Å²) in [6, 6.07) is 5.36. The number of alkyl halides is 3. The van der Waals surface area contributed by atoms with Gasteiger partial charge in [0.2, 0.25) is 0 Å². The first kappa shape index (κ1) is 18.8. The van der Waals surface area contributed by atoms with E-state index in [0.717, 1.165) is 0 Å². The standard InChI is InChI=1S/C15H20F3NO2S/c1-11(2)10-21-9-3-8-19-14(20)12-4-6-13(7-5-12)22-15(16,17)18/h4-7,11H,3,8-10H2,1-2H3,(H,19,20). The lowest BCUT2D eigenvalue weighted by Crippen LogP contribution is -2.25. The van der Waals surface area contributed by atoms with Gasteiger partial charge in [-0.15, -0.1) is 0 Å². The van der Waals surface area contributed by atoms with Crippen LogP contribution < -0.4 is 5.32 Å². The molecule has 0 atom stereocenters. The molecule has 1 aromatic carbocycles. The van der Waals surface area contributed by atoms with Gasteiger partial charge in [0, 0.05) is 30.2 Å². The van der Waals surface area contributed by atoms with Crippen LogP contribution in [0.3, 0.4) is 0 Å². The van der Waals surface area contributed by atoms with E-state index < -0.39 is 5.51 Å². The molecule has 0 aliphatic rings. The molecule has 0 heterocycles. The lowest BCUT2D eigenvalue weighted by molar-refractivity contribution is -0.0328. The molecule has 0 saturated heterocycles. The van der Waals surface area contributed by atoms with Gasteiger partial charge in [-0.1, -0.05) is 13.8 Å². The lowest BCUT2D eigenvalue weighted by Gasteiger charge is -2.09. The largest absolute Gasteiger partial charge is 0.446 e. The number of halogens is 3. The first-order chi connectivity index (χ1) is 10.3. The van der Waals surface area contributed by atoms with Gasteiger partial charge in [0.05, 0.1) is 0 Å². The molecule has 0 unspecified atom stereocenters. The molecule has 1 amide bonds. The van der Waals surface area contributed by atoms with Gasteiger partial charge in [-0.05, 0) is 48.4 Å². The zero-order valence-corrected chi connectivity index (χ0v) is 13.4. The molecule has 0 spiro atoms. The van der Waals surface area contributed by atoms with E-state index in [-0.39, 0.29) is 22.6 Å². The van der Waals surface area contributed by atoms with Crippen molar-refractivity contribution >= 4 is 17.7 Å². The molecule has 22 heavy (non-hydrogen) atoms. The highest BCUT2D eigenvalue weighted by atomic mass is 32.2. The van der Waals surface area contributed by atoms with E-state index in [9.17, 15) is 18.0 Å². The summed E-state index contributed by atoms with van der Waals surface area (Å²) < 4.78 is 42.0. The number of carbonyl (C=O) groups is 1. The number of carbonyl (C=O) groups excluding carboxylic acids is 1. The number of nitrogens with one attached hydrogen (secondary N) is 1. The molecular weight excluding hydrogens is 315 g/mol. The van der Waals surface area contributed by atoms with E-state index in [2.05, 4.69) is 19.2 Å². The van der Waals surface area contributed by atoms with Gasteiger partial charge >= 0.3 is 5.51 Å². The monoisotopic (exact) mass is 335 g/mol. The Balaban J connectivity index is 2.31. The maximum absolute atomic E-state index is 12.2. The second-order valence-corrected chi connectivity index (χ2v) is 6.29. The summed E-state index contributed by atoms with van der Waals surface area (Å²) in [5.41, 5.74) is -3.98. The van der Waals surface area contributed by atoms with E-state index in [1.54, 1.807) is 0 Å². The second kappa shape index (κ2) is 9.05. The third-order valence-corrected chi connectivity index (χ3v) is 3.29. The molecule has 3 nitrogen and oxygen atoms in total. The molecule has 7 heteroatoms. The van der Waals surface area contributed by atoms with Crippen LogP contribution in [-0.4, -0.2) is 31.2 Å². The normalized spacial score (nSPS) is 11.7. The molecule has 1 N–H and O–H groups in total. The lowest BCUT2D eigenvalue weighted by atomic mass is 10.2. The van der Waals surface area contributed by atoms with Crippen LogP contribution in [0.4, 0.5) is 13.2 Å². The third-order valence-electron chi connectivity index (χ3n) is 2.55. The summed E-state index contributed by atoms with van der Waals surface area (Å²) >= 11 is -0.198. The molecule has 0 aliphatic carbocycles. The van der Waals surface area contributed by atoms with E-state index in [0.29, 0.717) is 37.7 Å². The molecule has 0 bridgehead atoms. The van der Waals surface area contributed by atoms with Crippen LogP contribution in [0.25, 0.3) is 0 Å². The van der Waals surface area contributed by atoms with Gasteiger partial charge in [0.25, 0.3) is 5.91 Å². The maximum atomic E-state index is 12.2. The predicted octanol–water partition coefficient (Wildman–Crippen LogP) is 4.09. The van der Waals surface area contributed by atoms with Crippen LogP contribution in [0, 0.1) is 5.92 Å². The minimum absolute atomic E-state index is 0.0612. The SMILES string of the molecule is CC(C)COCCCNC(=O)c1ccc(SC(F)(F)F)cc1. The molecule has 1 aromatic rings. The summed E-state index contributed by atoms with van der Waals surface area (Å²) in [6.45, 7) is 5.84. The highest BCUT2D eigenvalue weighted by molar-refractivity contribution is 8.00. The van der Waals surface area contributed by atoms with Crippen molar-refractivity contribution in [2.45, 2.75) is 30.7 Å². The van der Waals surface area contributed by atoms with Crippen molar-refractivity contribution in [1.82, 2.24) is 5.32 Å². The van der Waals surface area contributed by atoms with Crippen molar-refractivity contribution in [1.29, 1.82) is 0 Å². The van der Waals surface area contributed by atoms with Crippen molar-refractivity contribution < 1.29 is 22.7 Å². The smallest absolute Gasteiger partial charge is 0.381 e. The summed E-state index contributed by atoms with van der Waals surface area (Å²) in [7, 11) is 0. The van der Waals surface area contributed by atoms with Crippen molar-refractivity contribution in [2.24, 2.45) is 5.92 Å². The zero-order valence-electron chi connectivity index (χ0n) is 12.6. The zero-order chi connectivity index (χ0) is 16.6. The summed E-state index contributed by atoms with van der Waals surface area (Å²) in [6.07, 6.45) is 0.695. The first-order valence-electron chi connectivity index (χ1n) is 6.99. The van der Waals surface area contributed by atoms with Crippen LogP contribution in [0.1, 0.15) is 30.6 Å². The molecule has 0 fully saturated rings. The fourth-order valence-corrected chi connectivity index (χ4v) is 2.14. The van der Waals surface area contributed by atoms with Gasteiger partial charge < -0.3 is 10.1 Å². The van der Waals surface area contributed by atoms with Gasteiger partial charge in [-0.3, -0.25) is 4.79 Å². The number of benzene rings is 1. The van der Waals surface area contributed by atoms with Crippen LogP contribution in [-0.2, 0) is 4.74 Å². The highest BCUT2D eigenvalue weighted by Crippen LogP contribution is 2.36. The topological polar surface area (TPSA) is 38.3 Å². The highest BCUT2D eigenvalue weighted by Gasteiger charge is 2.29. The Bertz CT molecular complexity index is 461. The first-order valence-corrected chi connectivity index (χ1v) is 7.81. The number of hydrogen-bond donors (Lipinski definition) is 1. The fraction of sp³-hybridized carbons (Fsp3) is 0.533. The summed E-state index contributed by atoms with van der Waals surface area (Å²) in [5, 5.41) is 2.71. The number of ether oxygens (including phenoxy) is 1. The minimum Gasteiger partial charge on any atom is -0.381 e. The quantitative estimate of drug-likeness (QED) is 0.574. The van der Waals surface area contributed by atoms with Gasteiger partial charge in [-0.25, -0.2) is 0 Å². The molecule has 124 valence electrons. The van der Waals surface area contributed by atoms with E-state index in [1.807, 2.05) is 0 Å². The van der Waals surface area contributed by atoms with Crippen LogP contribution in [0.2, 0.25) is 0 Å². The molecule has 0 saturated carbocycles. The van der Waals surface area contributed by atoms with E-state index >= 15 is 0 Å². The Morgan fingerprint density at radius 3 is 2.45 bits per heavy atom. The number of hydrogen-bond acceptors (Lipinski definition) is 3. The fourth-order valence-electron chi connectivity index (χ4n) is 1.61. The van der Waals surface area contributed by atoms with Crippen molar-refractivity contribution in [3.05, 3.63) is 29.8 Å². The molecular formula is C15H20F3NO2S. The van der Waals surface area contributed by atoms with Crippen molar-refractivity contribution in [2.75, 3.05) is 19.8 Å². The number of amides is 1. The Hall–Kier alpha value is -1.21. The van der Waals surface area contributed by atoms with Crippen LogP contribution >= 0.6 is 11.8 Å². The number of rotatable bonds is 8. The summed E-state index contributed by atoms with van der Waals surface area (Å²) in [4.78, 5) is 11.9. The van der Waals surface area contributed by atoms with Crippen molar-refractivity contribution in [3.63, 3.8) is 0 Å². The third kappa shape index (κ3) is 8.29. The molecule has 0 aliphatic heterocycles. The van der Waals surface area contributed by atoms with Crippen LogP contribution in [0.5, 0.6) is 0 Å². The van der Waals surface area contributed by atoms with E-state index in [1.165, 1.54) is 24.3 Å².